The molecule has 2 rings (SSSR count). The van der Waals surface area contributed by atoms with Gasteiger partial charge in [0.2, 0.25) is 0 Å². The Labute approximate surface area is 116 Å². The van der Waals surface area contributed by atoms with Gasteiger partial charge < -0.3 is 20.3 Å². The van der Waals surface area contributed by atoms with Crippen LogP contribution in [0.2, 0.25) is 0 Å². The first-order chi connectivity index (χ1) is 9.22. The summed E-state index contributed by atoms with van der Waals surface area (Å²) in [6.07, 6.45) is 4.84. The highest BCUT2D eigenvalue weighted by Gasteiger charge is 2.42. The van der Waals surface area contributed by atoms with Crippen LogP contribution in [0.3, 0.4) is 0 Å². The number of hydrogen-bond donors (Lipinski definition) is 1. The highest BCUT2D eigenvalue weighted by Crippen LogP contribution is 2.32. The lowest BCUT2D eigenvalue weighted by Crippen LogP contribution is -2.53. The van der Waals surface area contributed by atoms with E-state index in [1.807, 2.05) is 0 Å². The van der Waals surface area contributed by atoms with Gasteiger partial charge in [-0.25, -0.2) is 0 Å². The topological polar surface area (TPSA) is 54.1 Å². The zero-order valence-corrected chi connectivity index (χ0v) is 12.4. The van der Waals surface area contributed by atoms with Crippen molar-refractivity contribution in [3.05, 3.63) is 0 Å². The molecule has 0 aromatic rings. The summed E-state index contributed by atoms with van der Waals surface area (Å²) in [7, 11) is 1.74. The van der Waals surface area contributed by atoms with Crippen LogP contribution in [0.25, 0.3) is 0 Å². The van der Waals surface area contributed by atoms with Crippen LogP contribution in [0.15, 0.2) is 4.99 Å². The van der Waals surface area contributed by atoms with Crippen molar-refractivity contribution in [3.63, 3.8) is 0 Å². The predicted molar refractivity (Wildman–Crippen MR) is 78.4 cm³/mol. The monoisotopic (exact) mass is 268 g/mol. The van der Waals surface area contributed by atoms with Gasteiger partial charge >= 0.3 is 0 Å². The third-order valence-corrected chi connectivity index (χ3v) is 4.45. The number of ether oxygens (including phenoxy) is 1. The number of rotatable bonds is 5. The van der Waals surface area contributed by atoms with E-state index < -0.39 is 0 Å². The number of methoxy groups -OCH3 is 1. The van der Waals surface area contributed by atoms with Crippen molar-refractivity contribution < 1.29 is 4.74 Å². The maximum absolute atomic E-state index is 6.08. The van der Waals surface area contributed by atoms with Crippen molar-refractivity contribution >= 4 is 5.96 Å². The Morgan fingerprint density at radius 1 is 1.32 bits per heavy atom. The molecule has 5 nitrogen and oxygen atoms in total. The van der Waals surface area contributed by atoms with Crippen LogP contribution in [0, 0.1) is 0 Å². The Balaban J connectivity index is 2.01. The van der Waals surface area contributed by atoms with Gasteiger partial charge in [0.05, 0.1) is 18.7 Å². The van der Waals surface area contributed by atoms with E-state index in [2.05, 4.69) is 21.7 Å². The van der Waals surface area contributed by atoms with E-state index in [1.54, 1.807) is 7.11 Å². The lowest BCUT2D eigenvalue weighted by Gasteiger charge is -2.38. The first-order valence-electron chi connectivity index (χ1n) is 7.51. The minimum atomic E-state index is 0.158. The van der Waals surface area contributed by atoms with Crippen molar-refractivity contribution in [1.29, 1.82) is 0 Å². The molecule has 1 atom stereocenters. The third kappa shape index (κ3) is 3.20. The number of nitrogens with two attached hydrogens (primary N) is 1. The lowest BCUT2D eigenvalue weighted by molar-refractivity contribution is 0.118. The van der Waals surface area contributed by atoms with E-state index in [0.717, 1.165) is 19.7 Å². The van der Waals surface area contributed by atoms with E-state index in [4.69, 9.17) is 10.5 Å². The summed E-state index contributed by atoms with van der Waals surface area (Å²) in [6.45, 7) is 8.29. The van der Waals surface area contributed by atoms with Gasteiger partial charge in [0.25, 0.3) is 0 Å². The van der Waals surface area contributed by atoms with Crippen LogP contribution >= 0.6 is 0 Å². The number of nitrogens with zero attached hydrogens (tertiary/aromatic N) is 3. The molecule has 0 aliphatic carbocycles. The molecule has 0 saturated carbocycles. The van der Waals surface area contributed by atoms with Gasteiger partial charge in [-0.05, 0) is 38.8 Å². The molecule has 0 bridgehead atoms. The Morgan fingerprint density at radius 2 is 2.16 bits per heavy atom. The molecular weight excluding hydrogens is 240 g/mol. The maximum atomic E-state index is 6.08. The van der Waals surface area contributed by atoms with Crippen molar-refractivity contribution in [1.82, 2.24) is 9.80 Å². The van der Waals surface area contributed by atoms with Gasteiger partial charge in [-0.2, -0.15) is 0 Å². The molecule has 1 spiro atoms. The summed E-state index contributed by atoms with van der Waals surface area (Å²) in [6, 6.07) is 0. The van der Waals surface area contributed by atoms with Crippen LogP contribution in [-0.4, -0.2) is 67.7 Å². The smallest absolute Gasteiger partial charge is 0.191 e. The highest BCUT2D eigenvalue weighted by molar-refractivity contribution is 5.81. The fourth-order valence-electron chi connectivity index (χ4n) is 3.38. The SMILES string of the molecule is CCCN1CCCC2(CC1)CN=C(N)N2CCOC. The van der Waals surface area contributed by atoms with Gasteiger partial charge in [0.15, 0.2) is 5.96 Å². The highest BCUT2D eigenvalue weighted by atomic mass is 16.5. The summed E-state index contributed by atoms with van der Waals surface area (Å²) >= 11 is 0. The van der Waals surface area contributed by atoms with Crippen molar-refractivity contribution in [3.8, 4) is 0 Å². The number of hydrogen-bond acceptors (Lipinski definition) is 5. The molecule has 2 aliphatic rings. The summed E-state index contributed by atoms with van der Waals surface area (Å²) in [5, 5.41) is 0. The molecule has 0 amide bonds. The number of likely N-dealkylation sites (tertiary alicyclic amines) is 1. The maximum Gasteiger partial charge on any atom is 0.191 e. The Morgan fingerprint density at radius 3 is 2.89 bits per heavy atom. The van der Waals surface area contributed by atoms with Crippen LogP contribution < -0.4 is 5.73 Å². The molecular formula is C14H28N4O. The minimum absolute atomic E-state index is 0.158. The molecule has 0 radical (unpaired) electrons. The van der Waals surface area contributed by atoms with E-state index in [9.17, 15) is 0 Å². The zero-order valence-electron chi connectivity index (χ0n) is 12.4. The summed E-state index contributed by atoms with van der Waals surface area (Å²) in [5.41, 5.74) is 6.23. The van der Waals surface area contributed by atoms with E-state index in [0.29, 0.717) is 5.96 Å². The average molecular weight is 268 g/mol. The predicted octanol–water partition coefficient (Wildman–Crippen LogP) is 0.898. The van der Waals surface area contributed by atoms with Crippen molar-refractivity contribution in [2.75, 3.05) is 46.4 Å². The molecule has 5 heteroatoms. The molecule has 0 aromatic carbocycles. The lowest BCUT2D eigenvalue weighted by atomic mass is 9.89. The Kier molecular flexibility index (Phi) is 5.05. The molecule has 0 aromatic heterocycles. The van der Waals surface area contributed by atoms with Gasteiger partial charge in [-0.15, -0.1) is 0 Å². The van der Waals surface area contributed by atoms with Gasteiger partial charge in [-0.3, -0.25) is 4.99 Å². The zero-order chi connectivity index (χ0) is 13.7. The van der Waals surface area contributed by atoms with Gasteiger partial charge in [-0.1, -0.05) is 6.92 Å². The molecule has 110 valence electrons. The van der Waals surface area contributed by atoms with Crippen molar-refractivity contribution in [2.24, 2.45) is 10.7 Å². The quantitative estimate of drug-likeness (QED) is 0.805. The molecule has 2 N–H and O–H groups in total. The average Bonchev–Trinajstić information content (AvgIpc) is 2.59. The molecule has 1 saturated heterocycles. The molecule has 2 heterocycles. The number of aliphatic imine (C=N–C) groups is 1. The first-order valence-corrected chi connectivity index (χ1v) is 7.51. The second-order valence-electron chi connectivity index (χ2n) is 5.74. The van der Waals surface area contributed by atoms with E-state index >= 15 is 0 Å². The minimum Gasteiger partial charge on any atom is -0.383 e. The van der Waals surface area contributed by atoms with E-state index in [1.165, 1.54) is 45.3 Å². The van der Waals surface area contributed by atoms with E-state index in [-0.39, 0.29) is 5.54 Å². The van der Waals surface area contributed by atoms with Gasteiger partial charge in [0, 0.05) is 20.2 Å². The van der Waals surface area contributed by atoms with Crippen LogP contribution in [0.4, 0.5) is 0 Å². The van der Waals surface area contributed by atoms with Crippen molar-refractivity contribution in [2.45, 2.75) is 38.1 Å². The molecule has 1 fully saturated rings. The van der Waals surface area contributed by atoms with Gasteiger partial charge in [0.1, 0.15) is 0 Å². The largest absolute Gasteiger partial charge is 0.383 e. The Bertz CT molecular complexity index is 321. The van der Waals surface area contributed by atoms with Crippen LogP contribution in [-0.2, 0) is 4.74 Å². The third-order valence-electron chi connectivity index (χ3n) is 4.45. The standard InChI is InChI=1S/C14H28N4O/c1-3-7-17-8-4-5-14(6-9-17)12-16-13(15)18(14)10-11-19-2/h3-12H2,1-2H3,(H2,15,16). The van der Waals surface area contributed by atoms with Crippen LogP contribution in [0.1, 0.15) is 32.6 Å². The normalized spacial score (nSPS) is 28.7. The molecule has 19 heavy (non-hydrogen) atoms. The fourth-order valence-corrected chi connectivity index (χ4v) is 3.38. The molecule has 1 unspecified atom stereocenters. The number of guanidine groups is 1. The fraction of sp³-hybridized carbons (Fsp3) is 0.929. The summed E-state index contributed by atoms with van der Waals surface area (Å²) in [5.74, 6) is 0.709. The molecule has 2 aliphatic heterocycles. The van der Waals surface area contributed by atoms with Crippen LogP contribution in [0.5, 0.6) is 0 Å². The second-order valence-corrected chi connectivity index (χ2v) is 5.74. The second kappa shape index (κ2) is 6.57. The summed E-state index contributed by atoms with van der Waals surface area (Å²) in [4.78, 5) is 9.39. The first kappa shape index (κ1) is 14.6. The summed E-state index contributed by atoms with van der Waals surface area (Å²) < 4.78 is 5.21. The Hall–Kier alpha value is -0.810.